The van der Waals surface area contributed by atoms with Crippen molar-refractivity contribution in [2.45, 2.75) is 26.3 Å². The summed E-state index contributed by atoms with van der Waals surface area (Å²) in [4.78, 5) is 25.1. The van der Waals surface area contributed by atoms with Crippen LogP contribution in [0.15, 0.2) is 48.5 Å². The standard InChI is InChI=1S/C20H20ClN3O2/c1-3-13(2)18(24-19(25)15-6-8-16(21)9-7-15)20(26)23-17-10-4-14(12-22)5-11-17/h4-11,13,18H,3H2,1-2H3,(H,23,26)(H,24,25). The average molecular weight is 370 g/mol. The van der Waals surface area contributed by atoms with Gasteiger partial charge in [-0.3, -0.25) is 9.59 Å². The molecule has 0 heterocycles. The van der Waals surface area contributed by atoms with Gasteiger partial charge >= 0.3 is 0 Å². The lowest BCUT2D eigenvalue weighted by Crippen LogP contribution is -2.47. The Hall–Kier alpha value is -2.84. The number of nitrogens with zero attached hydrogens (tertiary/aromatic N) is 1. The van der Waals surface area contributed by atoms with Crippen molar-refractivity contribution in [1.82, 2.24) is 5.32 Å². The Morgan fingerprint density at radius 3 is 2.27 bits per heavy atom. The topological polar surface area (TPSA) is 82.0 Å². The second-order valence-corrected chi connectivity index (χ2v) is 6.46. The largest absolute Gasteiger partial charge is 0.340 e. The van der Waals surface area contributed by atoms with Crippen LogP contribution in [0.4, 0.5) is 5.69 Å². The van der Waals surface area contributed by atoms with E-state index in [0.29, 0.717) is 21.8 Å². The average Bonchev–Trinajstić information content (AvgIpc) is 2.66. The molecule has 6 heteroatoms. The SMILES string of the molecule is CCC(C)C(NC(=O)c1ccc(Cl)cc1)C(=O)Nc1ccc(C#N)cc1. The molecule has 2 amide bonds. The number of anilines is 1. The predicted octanol–water partition coefficient (Wildman–Crippen LogP) is 3.99. The van der Waals surface area contributed by atoms with E-state index in [1.807, 2.05) is 19.9 Å². The second-order valence-electron chi connectivity index (χ2n) is 6.02. The maximum absolute atomic E-state index is 12.7. The molecule has 0 saturated heterocycles. The first kappa shape index (κ1) is 19.5. The quantitative estimate of drug-likeness (QED) is 0.807. The summed E-state index contributed by atoms with van der Waals surface area (Å²) in [5, 5.41) is 15.0. The minimum Gasteiger partial charge on any atom is -0.340 e. The minimum absolute atomic E-state index is 0.0513. The van der Waals surface area contributed by atoms with Crippen LogP contribution in [-0.4, -0.2) is 17.9 Å². The van der Waals surface area contributed by atoms with Crippen LogP contribution in [0.2, 0.25) is 5.02 Å². The van der Waals surface area contributed by atoms with Gasteiger partial charge in [-0.2, -0.15) is 5.26 Å². The number of hydrogen-bond donors (Lipinski definition) is 2. The van der Waals surface area contributed by atoms with Gasteiger partial charge in [0.25, 0.3) is 5.91 Å². The van der Waals surface area contributed by atoms with E-state index in [-0.39, 0.29) is 17.7 Å². The number of benzene rings is 2. The van der Waals surface area contributed by atoms with E-state index in [4.69, 9.17) is 16.9 Å². The lowest BCUT2D eigenvalue weighted by atomic mass is 9.97. The zero-order valence-corrected chi connectivity index (χ0v) is 15.4. The Balaban J connectivity index is 2.12. The third-order valence-electron chi connectivity index (χ3n) is 4.17. The Morgan fingerprint density at radius 1 is 1.12 bits per heavy atom. The van der Waals surface area contributed by atoms with Gasteiger partial charge in [0.2, 0.25) is 5.91 Å². The van der Waals surface area contributed by atoms with E-state index in [1.165, 1.54) is 0 Å². The van der Waals surface area contributed by atoms with Gasteiger partial charge in [-0.25, -0.2) is 0 Å². The first-order chi connectivity index (χ1) is 12.4. The van der Waals surface area contributed by atoms with Crippen LogP contribution in [0, 0.1) is 17.2 Å². The number of nitrogens with one attached hydrogen (secondary N) is 2. The van der Waals surface area contributed by atoms with Crippen LogP contribution in [0.25, 0.3) is 0 Å². The van der Waals surface area contributed by atoms with Gasteiger partial charge in [-0.1, -0.05) is 31.9 Å². The molecule has 0 saturated carbocycles. The summed E-state index contributed by atoms with van der Waals surface area (Å²) in [5.41, 5.74) is 1.52. The van der Waals surface area contributed by atoms with Crippen LogP contribution in [0.1, 0.15) is 36.2 Å². The summed E-state index contributed by atoms with van der Waals surface area (Å²) in [6.45, 7) is 3.87. The molecule has 0 fully saturated rings. The summed E-state index contributed by atoms with van der Waals surface area (Å²) in [5.74, 6) is -0.682. The Labute approximate surface area is 158 Å². The molecule has 0 aromatic heterocycles. The molecule has 2 rings (SSSR count). The Bertz CT molecular complexity index is 810. The molecule has 26 heavy (non-hydrogen) atoms. The highest BCUT2D eigenvalue weighted by Crippen LogP contribution is 2.15. The third-order valence-corrected chi connectivity index (χ3v) is 4.42. The monoisotopic (exact) mass is 369 g/mol. The van der Waals surface area contributed by atoms with Crippen molar-refractivity contribution in [3.63, 3.8) is 0 Å². The second kappa shape index (κ2) is 9.02. The van der Waals surface area contributed by atoms with Gasteiger partial charge in [0.1, 0.15) is 6.04 Å². The minimum atomic E-state index is -0.682. The fourth-order valence-electron chi connectivity index (χ4n) is 2.38. The van der Waals surface area contributed by atoms with Gasteiger partial charge in [0, 0.05) is 16.3 Å². The van der Waals surface area contributed by atoms with Crippen molar-refractivity contribution < 1.29 is 9.59 Å². The fourth-order valence-corrected chi connectivity index (χ4v) is 2.50. The number of carbonyl (C=O) groups is 2. The molecular formula is C20H20ClN3O2. The Morgan fingerprint density at radius 2 is 1.73 bits per heavy atom. The van der Waals surface area contributed by atoms with Crippen molar-refractivity contribution in [2.24, 2.45) is 5.92 Å². The van der Waals surface area contributed by atoms with Crippen LogP contribution in [-0.2, 0) is 4.79 Å². The highest BCUT2D eigenvalue weighted by atomic mass is 35.5. The van der Waals surface area contributed by atoms with Crippen molar-refractivity contribution in [3.05, 3.63) is 64.7 Å². The first-order valence-corrected chi connectivity index (χ1v) is 8.69. The van der Waals surface area contributed by atoms with Crippen LogP contribution in [0.5, 0.6) is 0 Å². The number of carbonyl (C=O) groups excluding carboxylic acids is 2. The molecule has 0 aliphatic carbocycles. The molecule has 0 spiro atoms. The summed E-state index contributed by atoms with van der Waals surface area (Å²) in [7, 11) is 0. The summed E-state index contributed by atoms with van der Waals surface area (Å²) < 4.78 is 0. The normalized spacial score (nSPS) is 12.5. The number of nitriles is 1. The number of amides is 2. The molecule has 2 aromatic rings. The predicted molar refractivity (Wildman–Crippen MR) is 102 cm³/mol. The molecule has 2 atom stereocenters. The molecule has 0 aliphatic rings. The van der Waals surface area contributed by atoms with Gasteiger partial charge in [-0.05, 0) is 54.4 Å². The molecule has 134 valence electrons. The highest BCUT2D eigenvalue weighted by molar-refractivity contribution is 6.30. The van der Waals surface area contributed by atoms with E-state index in [1.54, 1.807) is 48.5 Å². The molecule has 2 aromatic carbocycles. The number of hydrogen-bond acceptors (Lipinski definition) is 3. The summed E-state index contributed by atoms with van der Waals surface area (Å²) in [6.07, 6.45) is 0.729. The molecule has 2 N–H and O–H groups in total. The van der Waals surface area contributed by atoms with E-state index in [9.17, 15) is 9.59 Å². The van der Waals surface area contributed by atoms with E-state index < -0.39 is 6.04 Å². The third kappa shape index (κ3) is 5.08. The zero-order valence-electron chi connectivity index (χ0n) is 14.6. The van der Waals surface area contributed by atoms with E-state index in [0.717, 1.165) is 6.42 Å². The Kier molecular flexibility index (Phi) is 6.76. The lowest BCUT2D eigenvalue weighted by Gasteiger charge is -2.23. The van der Waals surface area contributed by atoms with E-state index in [2.05, 4.69) is 10.6 Å². The summed E-state index contributed by atoms with van der Waals surface area (Å²) in [6, 6.07) is 14.4. The molecular weight excluding hydrogens is 350 g/mol. The maximum atomic E-state index is 12.7. The molecule has 0 bridgehead atoms. The lowest BCUT2D eigenvalue weighted by molar-refractivity contribution is -0.119. The van der Waals surface area contributed by atoms with Crippen LogP contribution < -0.4 is 10.6 Å². The highest BCUT2D eigenvalue weighted by Gasteiger charge is 2.26. The van der Waals surface area contributed by atoms with Gasteiger partial charge in [0.05, 0.1) is 11.6 Å². The maximum Gasteiger partial charge on any atom is 0.251 e. The molecule has 0 aliphatic heterocycles. The molecule has 2 unspecified atom stereocenters. The molecule has 0 radical (unpaired) electrons. The van der Waals surface area contributed by atoms with Crippen molar-refractivity contribution in [1.29, 1.82) is 5.26 Å². The van der Waals surface area contributed by atoms with Crippen LogP contribution >= 0.6 is 11.6 Å². The smallest absolute Gasteiger partial charge is 0.251 e. The number of halogens is 1. The summed E-state index contributed by atoms with van der Waals surface area (Å²) >= 11 is 5.84. The molecule has 5 nitrogen and oxygen atoms in total. The van der Waals surface area contributed by atoms with Crippen LogP contribution in [0.3, 0.4) is 0 Å². The van der Waals surface area contributed by atoms with E-state index >= 15 is 0 Å². The van der Waals surface area contributed by atoms with Gasteiger partial charge in [0.15, 0.2) is 0 Å². The van der Waals surface area contributed by atoms with Gasteiger partial charge < -0.3 is 10.6 Å². The van der Waals surface area contributed by atoms with Crippen molar-refractivity contribution in [2.75, 3.05) is 5.32 Å². The van der Waals surface area contributed by atoms with Crippen molar-refractivity contribution in [3.8, 4) is 6.07 Å². The van der Waals surface area contributed by atoms with Gasteiger partial charge in [-0.15, -0.1) is 0 Å². The zero-order chi connectivity index (χ0) is 19.1. The van der Waals surface area contributed by atoms with Crippen molar-refractivity contribution >= 4 is 29.1 Å². The number of rotatable bonds is 6. The fraction of sp³-hybridized carbons (Fsp3) is 0.250. The first-order valence-electron chi connectivity index (χ1n) is 8.32.